The lowest BCUT2D eigenvalue weighted by Crippen LogP contribution is -2.36. The van der Waals surface area contributed by atoms with Crippen LogP contribution < -0.4 is 5.32 Å². The van der Waals surface area contributed by atoms with Gasteiger partial charge in [-0.25, -0.2) is 4.68 Å². The summed E-state index contributed by atoms with van der Waals surface area (Å²) in [5.41, 5.74) is -1.19. The molecule has 0 atom stereocenters. The van der Waals surface area contributed by atoms with Crippen LogP contribution in [0.5, 0.6) is 0 Å². The summed E-state index contributed by atoms with van der Waals surface area (Å²) in [4.78, 5) is 12.0. The molecule has 0 radical (unpaired) electrons. The molecule has 0 unspecified atom stereocenters. The van der Waals surface area contributed by atoms with Gasteiger partial charge in [0, 0.05) is 18.6 Å². The maximum absolute atomic E-state index is 12.7. The summed E-state index contributed by atoms with van der Waals surface area (Å²) < 4.78 is 39.3. The number of halogens is 3. The van der Waals surface area contributed by atoms with E-state index in [4.69, 9.17) is 5.11 Å². The highest BCUT2D eigenvalue weighted by atomic mass is 19.4. The number of aliphatic hydroxyl groups is 1. The minimum Gasteiger partial charge on any atom is -0.396 e. The number of rotatable bonds is 5. The van der Waals surface area contributed by atoms with Gasteiger partial charge in [0.05, 0.1) is 17.4 Å². The molecule has 2 rings (SSSR count). The minimum atomic E-state index is -4.47. The lowest BCUT2D eigenvalue weighted by atomic mass is 9.95. The maximum Gasteiger partial charge on any atom is 0.416 e. The van der Waals surface area contributed by atoms with Crippen LogP contribution in [0.2, 0.25) is 0 Å². The SMILES string of the molecule is CC(C)(CO)CNC(=O)c1cn(-c2cccc(C(F)(F)F)c2)nn1. The van der Waals surface area contributed by atoms with Crippen molar-refractivity contribution in [3.8, 4) is 5.69 Å². The van der Waals surface area contributed by atoms with E-state index in [1.54, 1.807) is 13.8 Å². The zero-order chi connectivity index (χ0) is 18.0. The van der Waals surface area contributed by atoms with Gasteiger partial charge in [-0.1, -0.05) is 25.1 Å². The van der Waals surface area contributed by atoms with E-state index in [0.29, 0.717) is 0 Å². The van der Waals surface area contributed by atoms with Gasteiger partial charge in [0.2, 0.25) is 0 Å². The van der Waals surface area contributed by atoms with Gasteiger partial charge < -0.3 is 10.4 Å². The summed E-state index contributed by atoms with van der Waals surface area (Å²) in [6, 6.07) is 4.56. The van der Waals surface area contributed by atoms with Gasteiger partial charge in [-0.15, -0.1) is 5.10 Å². The number of alkyl halides is 3. The molecule has 0 aliphatic heterocycles. The van der Waals surface area contributed by atoms with Crippen molar-refractivity contribution in [2.75, 3.05) is 13.2 Å². The molecule has 0 bridgehead atoms. The number of nitrogens with zero attached hydrogens (tertiary/aromatic N) is 3. The van der Waals surface area contributed by atoms with Crippen LogP contribution in [0.25, 0.3) is 5.69 Å². The van der Waals surface area contributed by atoms with Crippen LogP contribution in [0.3, 0.4) is 0 Å². The monoisotopic (exact) mass is 342 g/mol. The fourth-order valence-electron chi connectivity index (χ4n) is 1.78. The zero-order valence-electron chi connectivity index (χ0n) is 13.1. The molecular weight excluding hydrogens is 325 g/mol. The standard InChI is InChI=1S/C15H17F3N4O2/c1-14(2,9-23)8-19-13(24)12-7-22(21-20-12)11-5-3-4-10(6-11)15(16,17)18/h3-7,23H,8-9H2,1-2H3,(H,19,24). The van der Waals surface area contributed by atoms with Gasteiger partial charge in [0.15, 0.2) is 5.69 Å². The van der Waals surface area contributed by atoms with E-state index >= 15 is 0 Å². The smallest absolute Gasteiger partial charge is 0.396 e. The van der Waals surface area contributed by atoms with Crippen LogP contribution in [0, 0.1) is 5.41 Å². The molecule has 2 N–H and O–H groups in total. The highest BCUT2D eigenvalue weighted by molar-refractivity contribution is 5.91. The number of carbonyl (C=O) groups excluding carboxylic acids is 1. The summed E-state index contributed by atoms with van der Waals surface area (Å²) in [6.45, 7) is 3.66. The summed E-state index contributed by atoms with van der Waals surface area (Å²) >= 11 is 0. The maximum atomic E-state index is 12.7. The number of hydrogen-bond acceptors (Lipinski definition) is 4. The second-order valence-corrected chi connectivity index (χ2v) is 6.10. The van der Waals surface area contributed by atoms with E-state index < -0.39 is 23.1 Å². The van der Waals surface area contributed by atoms with Crippen LogP contribution in [0.1, 0.15) is 29.9 Å². The van der Waals surface area contributed by atoms with Crippen LogP contribution in [-0.2, 0) is 6.18 Å². The number of carbonyl (C=O) groups is 1. The zero-order valence-corrected chi connectivity index (χ0v) is 13.1. The first-order valence-electron chi connectivity index (χ1n) is 7.11. The fourth-order valence-corrected chi connectivity index (χ4v) is 1.78. The Bertz CT molecular complexity index is 726. The highest BCUT2D eigenvalue weighted by Gasteiger charge is 2.30. The molecule has 1 aromatic carbocycles. The number of aliphatic hydroxyl groups excluding tert-OH is 1. The number of aromatic nitrogens is 3. The first-order valence-corrected chi connectivity index (χ1v) is 7.11. The van der Waals surface area contributed by atoms with Gasteiger partial charge in [-0.3, -0.25) is 4.79 Å². The molecule has 6 nitrogen and oxygen atoms in total. The Labute approximate surface area is 136 Å². The Kier molecular flexibility index (Phi) is 4.93. The van der Waals surface area contributed by atoms with Crippen molar-refractivity contribution in [2.45, 2.75) is 20.0 Å². The second kappa shape index (κ2) is 6.60. The molecule has 0 fully saturated rings. The van der Waals surface area contributed by atoms with Crippen LogP contribution >= 0.6 is 0 Å². The van der Waals surface area contributed by atoms with E-state index in [1.165, 1.54) is 18.3 Å². The van der Waals surface area contributed by atoms with E-state index in [1.807, 2.05) is 0 Å². The number of amides is 1. The Morgan fingerprint density at radius 3 is 2.67 bits per heavy atom. The van der Waals surface area contributed by atoms with Crippen molar-refractivity contribution in [3.63, 3.8) is 0 Å². The topological polar surface area (TPSA) is 80.0 Å². The van der Waals surface area contributed by atoms with Gasteiger partial charge in [-0.2, -0.15) is 13.2 Å². The molecule has 1 heterocycles. The molecule has 0 spiro atoms. The largest absolute Gasteiger partial charge is 0.416 e. The molecule has 2 aromatic rings. The lowest BCUT2D eigenvalue weighted by Gasteiger charge is -2.21. The first kappa shape index (κ1) is 17.9. The molecular formula is C15H17F3N4O2. The molecule has 0 aliphatic rings. The van der Waals surface area contributed by atoms with Crippen LogP contribution in [-0.4, -0.2) is 39.2 Å². The molecule has 1 aromatic heterocycles. The summed E-state index contributed by atoms with van der Waals surface area (Å²) in [6.07, 6.45) is -3.22. The van der Waals surface area contributed by atoms with Crippen molar-refractivity contribution in [1.82, 2.24) is 20.3 Å². The van der Waals surface area contributed by atoms with Crippen LogP contribution in [0.15, 0.2) is 30.5 Å². The number of nitrogens with one attached hydrogen (secondary N) is 1. The average Bonchev–Trinajstić information content (AvgIpc) is 3.02. The Hall–Kier alpha value is -2.42. The van der Waals surface area contributed by atoms with Crippen molar-refractivity contribution in [2.24, 2.45) is 5.41 Å². The molecule has 130 valence electrons. The van der Waals surface area contributed by atoms with Crippen molar-refractivity contribution in [3.05, 3.63) is 41.7 Å². The molecule has 24 heavy (non-hydrogen) atoms. The van der Waals surface area contributed by atoms with E-state index in [-0.39, 0.29) is 24.5 Å². The predicted molar refractivity (Wildman–Crippen MR) is 79.6 cm³/mol. The predicted octanol–water partition coefficient (Wildman–Crippen LogP) is 2.03. The molecule has 9 heteroatoms. The fraction of sp³-hybridized carbons (Fsp3) is 0.400. The summed E-state index contributed by atoms with van der Waals surface area (Å²) in [5, 5.41) is 19.1. The van der Waals surface area contributed by atoms with Gasteiger partial charge in [0.25, 0.3) is 5.91 Å². The Balaban J connectivity index is 2.15. The van der Waals surface area contributed by atoms with E-state index in [0.717, 1.165) is 16.8 Å². The van der Waals surface area contributed by atoms with Gasteiger partial charge in [-0.05, 0) is 18.2 Å². The lowest BCUT2D eigenvalue weighted by molar-refractivity contribution is -0.137. The van der Waals surface area contributed by atoms with Crippen molar-refractivity contribution in [1.29, 1.82) is 0 Å². The molecule has 0 aliphatic carbocycles. The quantitative estimate of drug-likeness (QED) is 0.871. The number of benzene rings is 1. The number of hydrogen-bond donors (Lipinski definition) is 2. The van der Waals surface area contributed by atoms with Crippen LogP contribution in [0.4, 0.5) is 13.2 Å². The average molecular weight is 342 g/mol. The van der Waals surface area contributed by atoms with Crippen molar-refractivity contribution < 1.29 is 23.1 Å². The third-order valence-electron chi connectivity index (χ3n) is 3.32. The first-order chi connectivity index (χ1) is 11.1. The molecule has 0 saturated carbocycles. The van der Waals surface area contributed by atoms with Gasteiger partial charge >= 0.3 is 6.18 Å². The molecule has 1 amide bonds. The molecule has 0 saturated heterocycles. The minimum absolute atomic E-state index is 0.0267. The Morgan fingerprint density at radius 1 is 1.33 bits per heavy atom. The second-order valence-electron chi connectivity index (χ2n) is 6.10. The summed E-state index contributed by atoms with van der Waals surface area (Å²) in [7, 11) is 0. The van der Waals surface area contributed by atoms with E-state index in [9.17, 15) is 18.0 Å². The van der Waals surface area contributed by atoms with Gasteiger partial charge in [0.1, 0.15) is 0 Å². The normalized spacial score (nSPS) is 12.2. The summed E-state index contributed by atoms with van der Waals surface area (Å²) in [5.74, 6) is -0.519. The third-order valence-corrected chi connectivity index (χ3v) is 3.32. The third kappa shape index (κ3) is 4.31. The van der Waals surface area contributed by atoms with E-state index in [2.05, 4.69) is 15.6 Å². The highest BCUT2D eigenvalue weighted by Crippen LogP contribution is 2.30. The van der Waals surface area contributed by atoms with Crippen molar-refractivity contribution >= 4 is 5.91 Å². The Morgan fingerprint density at radius 2 is 2.04 bits per heavy atom.